The van der Waals surface area contributed by atoms with Gasteiger partial charge in [0.2, 0.25) is 6.79 Å². The Bertz CT molecular complexity index is 815. The normalized spacial score (nSPS) is 12.8. The maximum absolute atomic E-state index is 5.42. The molecular formula is C16H12N2O2. The van der Waals surface area contributed by atoms with Crippen molar-refractivity contribution in [3.8, 4) is 22.8 Å². The van der Waals surface area contributed by atoms with Crippen LogP contribution in [0.3, 0.4) is 0 Å². The highest BCUT2D eigenvalue weighted by molar-refractivity contribution is 5.78. The molecule has 0 spiro atoms. The maximum Gasteiger partial charge on any atom is 0.231 e. The van der Waals surface area contributed by atoms with E-state index < -0.39 is 0 Å². The number of hydrogen-bond acceptors (Lipinski definition) is 4. The molecule has 1 aliphatic heterocycles. The molecule has 98 valence electrons. The minimum Gasteiger partial charge on any atom is -0.454 e. The van der Waals surface area contributed by atoms with Crippen LogP contribution in [0, 0.1) is 6.92 Å². The van der Waals surface area contributed by atoms with Gasteiger partial charge >= 0.3 is 0 Å². The highest BCUT2D eigenvalue weighted by Gasteiger charge is 2.15. The van der Waals surface area contributed by atoms with Gasteiger partial charge in [-0.2, -0.15) is 0 Å². The Kier molecular flexibility index (Phi) is 2.36. The molecule has 0 aliphatic carbocycles. The molecule has 0 N–H and O–H groups in total. The molecule has 0 saturated carbocycles. The van der Waals surface area contributed by atoms with Crippen LogP contribution in [0.4, 0.5) is 0 Å². The highest BCUT2D eigenvalue weighted by Crippen LogP contribution is 2.36. The third-order valence-corrected chi connectivity index (χ3v) is 3.39. The fraction of sp³-hybridized carbons (Fsp3) is 0.125. The van der Waals surface area contributed by atoms with Crippen LogP contribution in [0.5, 0.6) is 11.5 Å². The van der Waals surface area contributed by atoms with Crippen molar-refractivity contribution < 1.29 is 9.47 Å². The van der Waals surface area contributed by atoms with Crippen LogP contribution in [0.1, 0.15) is 5.69 Å². The molecule has 4 heteroatoms. The summed E-state index contributed by atoms with van der Waals surface area (Å²) in [5.41, 5.74) is 4.58. The lowest BCUT2D eigenvalue weighted by Crippen LogP contribution is -1.94. The smallest absolute Gasteiger partial charge is 0.231 e. The zero-order valence-electron chi connectivity index (χ0n) is 11.0. The molecule has 0 fully saturated rings. The Morgan fingerprint density at radius 3 is 2.50 bits per heavy atom. The number of aromatic nitrogens is 2. The molecule has 0 atom stereocenters. The molecule has 2 heterocycles. The summed E-state index contributed by atoms with van der Waals surface area (Å²) in [7, 11) is 0. The summed E-state index contributed by atoms with van der Waals surface area (Å²) < 4.78 is 10.7. The number of hydrogen-bond donors (Lipinski definition) is 0. The van der Waals surface area contributed by atoms with E-state index in [-0.39, 0.29) is 6.79 Å². The first kappa shape index (κ1) is 11.2. The van der Waals surface area contributed by atoms with Crippen LogP contribution < -0.4 is 9.47 Å². The summed E-state index contributed by atoms with van der Waals surface area (Å²) in [6.45, 7) is 2.25. The summed E-state index contributed by atoms with van der Waals surface area (Å²) in [5, 5.41) is 0. The van der Waals surface area contributed by atoms with E-state index in [0.717, 1.165) is 39.5 Å². The van der Waals surface area contributed by atoms with Gasteiger partial charge in [-0.25, -0.2) is 9.97 Å². The standard InChI is InChI=1S/C16H12N2O2/c1-10-16(18-13-5-3-2-4-12(13)17-10)11-6-7-14-15(8-11)20-9-19-14/h2-8H,9H2,1H3. The van der Waals surface area contributed by atoms with E-state index in [1.54, 1.807) is 0 Å². The number of rotatable bonds is 1. The van der Waals surface area contributed by atoms with Gasteiger partial charge in [0.1, 0.15) is 0 Å². The minimum absolute atomic E-state index is 0.279. The van der Waals surface area contributed by atoms with Gasteiger partial charge in [-0.1, -0.05) is 12.1 Å². The first-order valence-electron chi connectivity index (χ1n) is 6.45. The van der Waals surface area contributed by atoms with Crippen LogP contribution in [-0.2, 0) is 0 Å². The molecular weight excluding hydrogens is 252 g/mol. The molecule has 1 aliphatic rings. The van der Waals surface area contributed by atoms with Gasteiger partial charge in [-0.3, -0.25) is 0 Å². The third kappa shape index (κ3) is 1.69. The first-order valence-corrected chi connectivity index (χ1v) is 6.45. The van der Waals surface area contributed by atoms with Crippen LogP contribution in [0.25, 0.3) is 22.3 Å². The monoisotopic (exact) mass is 264 g/mol. The van der Waals surface area contributed by atoms with Crippen molar-refractivity contribution in [1.82, 2.24) is 9.97 Å². The Balaban J connectivity index is 1.91. The number of aryl methyl sites for hydroxylation is 1. The number of ether oxygens (including phenoxy) is 2. The number of nitrogens with zero attached hydrogens (tertiary/aromatic N) is 2. The third-order valence-electron chi connectivity index (χ3n) is 3.39. The maximum atomic E-state index is 5.42. The summed E-state index contributed by atoms with van der Waals surface area (Å²) in [5.74, 6) is 1.54. The van der Waals surface area contributed by atoms with E-state index >= 15 is 0 Å². The van der Waals surface area contributed by atoms with Crippen molar-refractivity contribution in [3.05, 3.63) is 48.2 Å². The van der Waals surface area contributed by atoms with E-state index in [0.29, 0.717) is 0 Å². The second-order valence-electron chi connectivity index (χ2n) is 4.71. The quantitative estimate of drug-likeness (QED) is 0.676. The van der Waals surface area contributed by atoms with Crippen molar-refractivity contribution in [2.45, 2.75) is 6.92 Å². The second-order valence-corrected chi connectivity index (χ2v) is 4.71. The van der Waals surface area contributed by atoms with Crippen molar-refractivity contribution in [1.29, 1.82) is 0 Å². The number of para-hydroxylation sites is 2. The molecule has 4 rings (SSSR count). The van der Waals surface area contributed by atoms with E-state index in [2.05, 4.69) is 4.98 Å². The molecule has 4 nitrogen and oxygen atoms in total. The van der Waals surface area contributed by atoms with Gasteiger partial charge in [0.15, 0.2) is 11.5 Å². The fourth-order valence-electron chi connectivity index (χ4n) is 2.41. The molecule has 0 amide bonds. The summed E-state index contributed by atoms with van der Waals surface area (Å²) in [4.78, 5) is 9.32. The van der Waals surface area contributed by atoms with Gasteiger partial charge in [0, 0.05) is 5.56 Å². The van der Waals surface area contributed by atoms with Crippen LogP contribution in [-0.4, -0.2) is 16.8 Å². The molecule has 1 aromatic heterocycles. The Hall–Kier alpha value is -2.62. The molecule has 0 unspecified atom stereocenters. The number of fused-ring (bicyclic) bond motifs is 2. The van der Waals surface area contributed by atoms with Crippen LogP contribution >= 0.6 is 0 Å². The van der Waals surface area contributed by atoms with Gasteiger partial charge in [0.05, 0.1) is 22.4 Å². The molecule has 2 aromatic carbocycles. The van der Waals surface area contributed by atoms with Gasteiger partial charge in [-0.15, -0.1) is 0 Å². The van der Waals surface area contributed by atoms with Gasteiger partial charge in [-0.05, 0) is 37.3 Å². The summed E-state index contributed by atoms with van der Waals surface area (Å²) in [6, 6.07) is 13.7. The minimum atomic E-state index is 0.279. The highest BCUT2D eigenvalue weighted by atomic mass is 16.7. The Morgan fingerprint density at radius 1 is 0.900 bits per heavy atom. The van der Waals surface area contributed by atoms with Crippen LogP contribution in [0.2, 0.25) is 0 Å². The average molecular weight is 264 g/mol. The van der Waals surface area contributed by atoms with E-state index in [4.69, 9.17) is 14.5 Å². The summed E-state index contributed by atoms with van der Waals surface area (Å²) >= 11 is 0. The first-order chi connectivity index (χ1) is 9.81. The molecule has 0 bridgehead atoms. The topological polar surface area (TPSA) is 44.2 Å². The predicted octanol–water partition coefficient (Wildman–Crippen LogP) is 3.33. The Labute approximate surface area is 116 Å². The van der Waals surface area contributed by atoms with Gasteiger partial charge < -0.3 is 9.47 Å². The van der Waals surface area contributed by atoms with Crippen LogP contribution in [0.15, 0.2) is 42.5 Å². The lowest BCUT2D eigenvalue weighted by Gasteiger charge is -2.07. The SMILES string of the molecule is Cc1nc2ccccc2nc1-c1ccc2c(c1)OCO2. The fourth-order valence-corrected chi connectivity index (χ4v) is 2.41. The average Bonchev–Trinajstić information content (AvgIpc) is 2.94. The Morgan fingerprint density at radius 2 is 1.65 bits per heavy atom. The lowest BCUT2D eigenvalue weighted by atomic mass is 10.1. The van der Waals surface area contributed by atoms with E-state index in [9.17, 15) is 0 Å². The largest absolute Gasteiger partial charge is 0.454 e. The molecule has 0 saturated heterocycles. The van der Waals surface area contributed by atoms with Gasteiger partial charge in [0.25, 0.3) is 0 Å². The van der Waals surface area contributed by atoms with Crippen molar-refractivity contribution >= 4 is 11.0 Å². The lowest BCUT2D eigenvalue weighted by molar-refractivity contribution is 0.174. The zero-order valence-corrected chi connectivity index (χ0v) is 11.0. The van der Waals surface area contributed by atoms with Crippen molar-refractivity contribution in [3.63, 3.8) is 0 Å². The van der Waals surface area contributed by atoms with Crippen molar-refractivity contribution in [2.24, 2.45) is 0 Å². The number of benzene rings is 2. The second kappa shape index (κ2) is 4.20. The molecule has 3 aromatic rings. The van der Waals surface area contributed by atoms with E-state index in [1.165, 1.54) is 0 Å². The molecule has 20 heavy (non-hydrogen) atoms. The zero-order chi connectivity index (χ0) is 13.5. The predicted molar refractivity (Wildman–Crippen MR) is 75.8 cm³/mol. The summed E-state index contributed by atoms with van der Waals surface area (Å²) in [6.07, 6.45) is 0. The van der Waals surface area contributed by atoms with E-state index in [1.807, 2.05) is 49.4 Å². The molecule has 0 radical (unpaired) electrons. The van der Waals surface area contributed by atoms with Crippen molar-refractivity contribution in [2.75, 3.05) is 6.79 Å².